The zero-order valence-electron chi connectivity index (χ0n) is 12.0. The van der Waals surface area contributed by atoms with Gasteiger partial charge in [-0.3, -0.25) is 9.59 Å². The Kier molecular flexibility index (Phi) is 5.77. The topological polar surface area (TPSA) is 49.4 Å². The van der Waals surface area contributed by atoms with Crippen LogP contribution < -0.4 is 5.32 Å². The van der Waals surface area contributed by atoms with E-state index in [1.807, 2.05) is 24.3 Å². The van der Waals surface area contributed by atoms with Gasteiger partial charge in [-0.25, -0.2) is 0 Å². The molecule has 1 aromatic heterocycles. The van der Waals surface area contributed by atoms with E-state index in [-0.39, 0.29) is 11.8 Å². The Hall–Kier alpha value is -1.18. The molecule has 1 heterocycles. The van der Waals surface area contributed by atoms with Crippen LogP contribution in [0, 0.1) is 0 Å². The molecule has 7 heteroatoms. The maximum Gasteiger partial charge on any atom is 0.265 e. The van der Waals surface area contributed by atoms with Gasteiger partial charge in [-0.05, 0) is 49.6 Å². The number of para-hydroxylation sites is 1. The van der Waals surface area contributed by atoms with Crippen LogP contribution in [0.2, 0.25) is 0 Å². The van der Waals surface area contributed by atoms with Crippen LogP contribution in [0.25, 0.3) is 0 Å². The van der Waals surface area contributed by atoms with Crippen molar-refractivity contribution in [2.75, 3.05) is 12.4 Å². The number of anilines is 1. The molecule has 1 N–H and O–H groups in total. The molecule has 22 heavy (non-hydrogen) atoms. The molecule has 0 aliphatic rings. The zero-order chi connectivity index (χ0) is 16.3. The molecule has 0 radical (unpaired) electrons. The molecule has 0 aliphatic carbocycles. The molecular weight excluding hydrogens is 432 g/mol. The summed E-state index contributed by atoms with van der Waals surface area (Å²) in [6.07, 6.45) is 0. The van der Waals surface area contributed by atoms with Crippen molar-refractivity contribution in [1.82, 2.24) is 4.90 Å². The molecule has 2 aromatic rings. The number of hydrogen-bond acceptors (Lipinski definition) is 3. The van der Waals surface area contributed by atoms with E-state index < -0.39 is 0 Å². The second-order valence-electron chi connectivity index (χ2n) is 4.72. The largest absolute Gasteiger partial charge is 0.342 e. The maximum atomic E-state index is 12.3. The van der Waals surface area contributed by atoms with Gasteiger partial charge in [0.15, 0.2) is 0 Å². The van der Waals surface area contributed by atoms with E-state index in [1.165, 1.54) is 18.3 Å². The van der Waals surface area contributed by atoms with E-state index in [0.717, 1.165) is 13.8 Å². The molecule has 2 rings (SSSR count). The van der Waals surface area contributed by atoms with Crippen molar-refractivity contribution in [2.24, 2.45) is 0 Å². The van der Waals surface area contributed by atoms with Gasteiger partial charge in [-0.2, -0.15) is 0 Å². The summed E-state index contributed by atoms with van der Waals surface area (Å²) in [5.74, 6) is -0.193. The van der Waals surface area contributed by atoms with E-state index in [2.05, 4.69) is 37.2 Å². The summed E-state index contributed by atoms with van der Waals surface area (Å²) in [4.78, 5) is 25.9. The van der Waals surface area contributed by atoms with Gasteiger partial charge in [0.1, 0.15) is 0 Å². The summed E-state index contributed by atoms with van der Waals surface area (Å²) >= 11 is 8.11. The number of rotatable bonds is 4. The lowest BCUT2D eigenvalue weighted by Gasteiger charge is -2.17. The van der Waals surface area contributed by atoms with Crippen LogP contribution >= 0.6 is 43.2 Å². The third kappa shape index (κ3) is 4.18. The molecule has 0 unspecified atom stereocenters. The SMILES string of the molecule is CC(=O)N(C)Cc1ccccc1NC(=O)c1cc(Br)c(Br)s1. The first-order valence-electron chi connectivity index (χ1n) is 6.44. The first kappa shape index (κ1) is 17.2. The van der Waals surface area contributed by atoms with Gasteiger partial charge in [-0.15, -0.1) is 11.3 Å². The van der Waals surface area contributed by atoms with E-state index in [4.69, 9.17) is 0 Å². The Morgan fingerprint density at radius 1 is 1.27 bits per heavy atom. The highest BCUT2D eigenvalue weighted by Gasteiger charge is 2.14. The highest BCUT2D eigenvalue weighted by molar-refractivity contribution is 9.13. The normalized spacial score (nSPS) is 10.4. The minimum atomic E-state index is -0.172. The first-order chi connectivity index (χ1) is 10.4. The number of thiophene rings is 1. The van der Waals surface area contributed by atoms with Gasteiger partial charge in [0.2, 0.25) is 5.91 Å². The van der Waals surface area contributed by atoms with E-state index in [0.29, 0.717) is 17.1 Å². The van der Waals surface area contributed by atoms with Gasteiger partial charge in [-0.1, -0.05) is 18.2 Å². The number of nitrogens with one attached hydrogen (secondary N) is 1. The van der Waals surface area contributed by atoms with Crippen molar-refractivity contribution in [3.63, 3.8) is 0 Å². The number of carbonyl (C=O) groups excluding carboxylic acids is 2. The molecule has 0 fully saturated rings. The monoisotopic (exact) mass is 444 g/mol. The fraction of sp³-hybridized carbons (Fsp3) is 0.200. The van der Waals surface area contributed by atoms with E-state index >= 15 is 0 Å². The molecule has 0 bridgehead atoms. The van der Waals surface area contributed by atoms with Crippen LogP contribution in [0.15, 0.2) is 38.6 Å². The van der Waals surface area contributed by atoms with E-state index in [1.54, 1.807) is 18.0 Å². The second kappa shape index (κ2) is 7.39. The lowest BCUT2D eigenvalue weighted by molar-refractivity contribution is -0.128. The number of halogens is 2. The minimum absolute atomic E-state index is 0.0211. The zero-order valence-corrected chi connectivity index (χ0v) is 16.0. The van der Waals surface area contributed by atoms with E-state index in [9.17, 15) is 9.59 Å². The molecule has 4 nitrogen and oxygen atoms in total. The highest BCUT2D eigenvalue weighted by Crippen LogP contribution is 2.32. The van der Waals surface area contributed by atoms with Gasteiger partial charge < -0.3 is 10.2 Å². The molecule has 0 saturated heterocycles. The second-order valence-corrected chi connectivity index (χ2v) is 7.94. The van der Waals surface area contributed by atoms with Crippen molar-refractivity contribution in [3.05, 3.63) is 49.0 Å². The summed E-state index contributed by atoms with van der Waals surface area (Å²) in [5, 5.41) is 2.90. The summed E-state index contributed by atoms with van der Waals surface area (Å²) < 4.78 is 1.73. The fourth-order valence-electron chi connectivity index (χ4n) is 1.79. The Labute approximate surface area is 149 Å². The number of nitrogens with zero attached hydrogens (tertiary/aromatic N) is 1. The average molecular weight is 446 g/mol. The summed E-state index contributed by atoms with van der Waals surface area (Å²) in [5.41, 5.74) is 1.60. The number of carbonyl (C=O) groups is 2. The smallest absolute Gasteiger partial charge is 0.265 e. The van der Waals surface area contributed by atoms with Crippen molar-refractivity contribution in [2.45, 2.75) is 13.5 Å². The Bertz CT molecular complexity index is 696. The molecule has 0 atom stereocenters. The van der Waals surface area contributed by atoms with Crippen molar-refractivity contribution >= 4 is 60.7 Å². The van der Waals surface area contributed by atoms with Gasteiger partial charge >= 0.3 is 0 Å². The summed E-state index contributed by atoms with van der Waals surface area (Å²) in [7, 11) is 1.73. The Balaban J connectivity index is 2.19. The molecule has 1 aromatic carbocycles. The van der Waals surface area contributed by atoms with Crippen molar-refractivity contribution in [1.29, 1.82) is 0 Å². The third-order valence-electron chi connectivity index (χ3n) is 3.08. The van der Waals surface area contributed by atoms with Gasteiger partial charge in [0.05, 0.1) is 8.66 Å². The van der Waals surface area contributed by atoms with Crippen LogP contribution in [0.1, 0.15) is 22.2 Å². The van der Waals surface area contributed by atoms with Crippen molar-refractivity contribution < 1.29 is 9.59 Å². The average Bonchev–Trinajstić information content (AvgIpc) is 2.80. The fourth-order valence-corrected chi connectivity index (χ4v) is 3.72. The summed E-state index contributed by atoms with van der Waals surface area (Å²) in [6, 6.07) is 9.24. The molecule has 2 amide bonds. The molecule has 116 valence electrons. The van der Waals surface area contributed by atoms with Crippen LogP contribution in [0.4, 0.5) is 5.69 Å². The Morgan fingerprint density at radius 2 is 1.95 bits per heavy atom. The van der Waals surface area contributed by atoms with Crippen molar-refractivity contribution in [3.8, 4) is 0 Å². The predicted octanol–water partition coefficient (Wildman–Crippen LogP) is 4.50. The van der Waals surface area contributed by atoms with Crippen LogP contribution in [0.5, 0.6) is 0 Å². The number of amides is 2. The molecule has 0 spiro atoms. The van der Waals surface area contributed by atoms with Crippen LogP contribution in [-0.2, 0) is 11.3 Å². The number of hydrogen-bond donors (Lipinski definition) is 1. The molecule has 0 saturated carbocycles. The summed E-state index contributed by atoms with van der Waals surface area (Å²) in [6.45, 7) is 1.96. The standard InChI is InChI=1S/C15H14Br2N2O2S/c1-9(20)19(2)8-10-5-3-4-6-12(10)18-15(21)13-7-11(16)14(17)22-13/h3-7H,8H2,1-2H3,(H,18,21). The lowest BCUT2D eigenvalue weighted by Crippen LogP contribution is -2.24. The third-order valence-corrected chi connectivity index (χ3v) is 6.33. The molecule has 0 aliphatic heterocycles. The Morgan fingerprint density at radius 3 is 2.55 bits per heavy atom. The quantitative estimate of drug-likeness (QED) is 0.752. The first-order valence-corrected chi connectivity index (χ1v) is 8.84. The van der Waals surface area contributed by atoms with Gasteiger partial charge in [0, 0.05) is 30.7 Å². The van der Waals surface area contributed by atoms with Crippen LogP contribution in [-0.4, -0.2) is 23.8 Å². The van der Waals surface area contributed by atoms with Crippen LogP contribution in [0.3, 0.4) is 0 Å². The maximum absolute atomic E-state index is 12.3. The lowest BCUT2D eigenvalue weighted by atomic mass is 10.1. The molecular formula is C15H14Br2N2O2S. The number of benzene rings is 1. The minimum Gasteiger partial charge on any atom is -0.342 e. The van der Waals surface area contributed by atoms with Gasteiger partial charge in [0.25, 0.3) is 5.91 Å². The predicted molar refractivity (Wildman–Crippen MR) is 96.3 cm³/mol. The highest BCUT2D eigenvalue weighted by atomic mass is 79.9.